The molecule has 0 aliphatic carbocycles. The second kappa shape index (κ2) is 2.96. The summed E-state index contributed by atoms with van der Waals surface area (Å²) in [6.45, 7) is 0. The fourth-order valence-corrected chi connectivity index (χ4v) is 0.618. The molecule has 0 bridgehead atoms. The van der Waals surface area contributed by atoms with Crippen LogP contribution in [0.15, 0.2) is 0 Å². The monoisotopic (exact) mass is 180 g/mol. The van der Waals surface area contributed by atoms with Gasteiger partial charge in [-0.15, -0.1) is 0 Å². The first-order chi connectivity index (χ1) is 5.15. The smallest absolute Gasteiger partial charge is 0.320 e. The van der Waals surface area contributed by atoms with Gasteiger partial charge in [0.1, 0.15) is 0 Å². The predicted octanol–water partition coefficient (Wildman–Crippen LogP) is 1.42. The van der Waals surface area contributed by atoms with E-state index in [1.54, 1.807) is 0 Å². The van der Waals surface area contributed by atoms with E-state index in [-0.39, 0.29) is 6.01 Å². The van der Waals surface area contributed by atoms with Crippen LogP contribution in [0.2, 0.25) is 5.15 Å². The van der Waals surface area contributed by atoms with Gasteiger partial charge in [0.15, 0.2) is 5.15 Å². The fourth-order valence-electron chi connectivity index (χ4n) is 0.468. The summed E-state index contributed by atoms with van der Waals surface area (Å²) in [5, 5.41) is -0.589. The second-order valence-electron chi connectivity index (χ2n) is 1.61. The van der Waals surface area contributed by atoms with Crippen LogP contribution in [0.5, 0.6) is 6.01 Å². The Bertz CT molecular complexity index is 258. The average molecular weight is 181 g/mol. The second-order valence-corrected chi connectivity index (χ2v) is 1.96. The molecule has 0 fully saturated rings. The molecule has 1 heterocycles. The van der Waals surface area contributed by atoms with Gasteiger partial charge in [0.05, 0.1) is 7.11 Å². The molecule has 1 aromatic heterocycles. The lowest BCUT2D eigenvalue weighted by Crippen LogP contribution is -1.98. The third-order valence-corrected chi connectivity index (χ3v) is 1.18. The summed E-state index contributed by atoms with van der Waals surface area (Å²) < 4.78 is 29.1. The standard InChI is InChI=1S/C5H3ClF2N2O/c1-11-5-9-3(6)2(7)4(8)10-5/h1H3. The van der Waals surface area contributed by atoms with Crippen molar-refractivity contribution in [1.82, 2.24) is 9.97 Å². The average Bonchev–Trinajstić information content (AvgIpc) is 1.99. The molecule has 0 aliphatic rings. The number of aromatic nitrogens is 2. The van der Waals surface area contributed by atoms with E-state index in [4.69, 9.17) is 11.6 Å². The molecule has 0 unspecified atom stereocenters. The number of halogens is 3. The molecular formula is C5H3ClF2N2O. The molecule has 3 nitrogen and oxygen atoms in total. The fraction of sp³-hybridized carbons (Fsp3) is 0.200. The van der Waals surface area contributed by atoms with E-state index < -0.39 is 16.9 Å². The Morgan fingerprint density at radius 2 is 2.00 bits per heavy atom. The summed E-state index contributed by atoms with van der Waals surface area (Å²) in [5.74, 6) is -2.59. The highest BCUT2D eigenvalue weighted by atomic mass is 35.5. The van der Waals surface area contributed by atoms with Gasteiger partial charge in [-0.05, 0) is 0 Å². The third kappa shape index (κ3) is 1.54. The molecular weight excluding hydrogens is 178 g/mol. The number of rotatable bonds is 1. The van der Waals surface area contributed by atoms with E-state index in [0.29, 0.717) is 0 Å². The summed E-state index contributed by atoms with van der Waals surface area (Å²) >= 11 is 5.15. The molecule has 11 heavy (non-hydrogen) atoms. The van der Waals surface area contributed by atoms with Crippen LogP contribution < -0.4 is 4.74 Å². The Morgan fingerprint density at radius 1 is 1.36 bits per heavy atom. The van der Waals surface area contributed by atoms with Crippen molar-refractivity contribution >= 4 is 11.6 Å². The number of hydrogen-bond donors (Lipinski definition) is 0. The van der Waals surface area contributed by atoms with Gasteiger partial charge >= 0.3 is 6.01 Å². The van der Waals surface area contributed by atoms with Crippen molar-refractivity contribution in [3.05, 3.63) is 16.9 Å². The van der Waals surface area contributed by atoms with Gasteiger partial charge in [0.2, 0.25) is 5.82 Å². The van der Waals surface area contributed by atoms with Crippen molar-refractivity contribution in [2.75, 3.05) is 7.11 Å². The van der Waals surface area contributed by atoms with Crippen LogP contribution in [0, 0.1) is 11.8 Å². The minimum atomic E-state index is -1.32. The van der Waals surface area contributed by atoms with Gasteiger partial charge in [-0.25, -0.2) is 0 Å². The maximum absolute atomic E-state index is 12.4. The zero-order valence-corrected chi connectivity index (χ0v) is 6.19. The van der Waals surface area contributed by atoms with Crippen LogP contribution >= 0.6 is 11.6 Å². The van der Waals surface area contributed by atoms with Gasteiger partial charge in [0.25, 0.3) is 5.95 Å². The Balaban J connectivity index is 3.21. The van der Waals surface area contributed by atoms with E-state index >= 15 is 0 Å². The summed E-state index contributed by atoms with van der Waals surface area (Å²) in [5.41, 5.74) is 0. The van der Waals surface area contributed by atoms with Gasteiger partial charge in [0, 0.05) is 0 Å². The lowest BCUT2D eigenvalue weighted by Gasteiger charge is -1.98. The molecule has 0 aromatic carbocycles. The van der Waals surface area contributed by atoms with Crippen LogP contribution in [-0.2, 0) is 0 Å². The van der Waals surface area contributed by atoms with Crippen molar-refractivity contribution in [3.63, 3.8) is 0 Å². The molecule has 0 spiro atoms. The highest BCUT2D eigenvalue weighted by Gasteiger charge is 2.11. The van der Waals surface area contributed by atoms with E-state index in [1.807, 2.05) is 0 Å². The SMILES string of the molecule is COc1nc(F)c(F)c(Cl)n1. The van der Waals surface area contributed by atoms with Crippen LogP contribution in [-0.4, -0.2) is 17.1 Å². The Kier molecular flexibility index (Phi) is 2.19. The number of ether oxygens (including phenoxy) is 1. The zero-order chi connectivity index (χ0) is 8.43. The molecule has 0 saturated heterocycles. The summed E-state index contributed by atoms with van der Waals surface area (Å²) in [7, 11) is 1.23. The van der Waals surface area contributed by atoms with Crippen LogP contribution in [0.25, 0.3) is 0 Å². The highest BCUT2D eigenvalue weighted by Crippen LogP contribution is 2.15. The largest absolute Gasteiger partial charge is 0.467 e. The van der Waals surface area contributed by atoms with Crippen LogP contribution in [0.3, 0.4) is 0 Å². The Morgan fingerprint density at radius 3 is 2.45 bits per heavy atom. The van der Waals surface area contributed by atoms with E-state index in [9.17, 15) is 8.78 Å². The minimum Gasteiger partial charge on any atom is -0.467 e. The lowest BCUT2D eigenvalue weighted by molar-refractivity contribution is 0.358. The molecule has 0 atom stereocenters. The lowest BCUT2D eigenvalue weighted by atomic mass is 10.6. The van der Waals surface area contributed by atoms with Gasteiger partial charge in [-0.1, -0.05) is 11.6 Å². The Hall–Kier alpha value is -0.970. The van der Waals surface area contributed by atoms with E-state index in [2.05, 4.69) is 14.7 Å². The number of nitrogens with zero attached hydrogens (tertiary/aromatic N) is 2. The molecule has 0 N–H and O–H groups in total. The van der Waals surface area contributed by atoms with Crippen molar-refractivity contribution < 1.29 is 13.5 Å². The molecule has 6 heteroatoms. The summed E-state index contributed by atoms with van der Waals surface area (Å²) in [6.07, 6.45) is 0. The first-order valence-corrected chi connectivity index (χ1v) is 2.95. The molecule has 0 aliphatic heterocycles. The molecule has 0 saturated carbocycles. The predicted molar refractivity (Wildman–Crippen MR) is 33.5 cm³/mol. The maximum Gasteiger partial charge on any atom is 0.320 e. The zero-order valence-electron chi connectivity index (χ0n) is 5.44. The van der Waals surface area contributed by atoms with Crippen molar-refractivity contribution in [3.8, 4) is 6.01 Å². The third-order valence-electron chi connectivity index (χ3n) is 0.932. The van der Waals surface area contributed by atoms with Crippen molar-refractivity contribution in [1.29, 1.82) is 0 Å². The Labute approximate surface area is 66.0 Å². The molecule has 60 valence electrons. The van der Waals surface area contributed by atoms with Gasteiger partial charge in [-0.3, -0.25) is 0 Å². The quantitative estimate of drug-likeness (QED) is 0.613. The highest BCUT2D eigenvalue weighted by molar-refractivity contribution is 6.29. The molecule has 1 rings (SSSR count). The minimum absolute atomic E-state index is 0.297. The number of hydrogen-bond acceptors (Lipinski definition) is 3. The van der Waals surface area contributed by atoms with E-state index in [0.717, 1.165) is 0 Å². The maximum atomic E-state index is 12.4. The van der Waals surface area contributed by atoms with Crippen LogP contribution in [0.1, 0.15) is 0 Å². The van der Waals surface area contributed by atoms with E-state index in [1.165, 1.54) is 7.11 Å². The summed E-state index contributed by atoms with van der Waals surface area (Å²) in [6, 6.07) is -0.297. The van der Waals surface area contributed by atoms with Crippen molar-refractivity contribution in [2.45, 2.75) is 0 Å². The molecule has 1 aromatic rings. The van der Waals surface area contributed by atoms with Gasteiger partial charge in [-0.2, -0.15) is 18.7 Å². The molecule has 0 radical (unpaired) electrons. The summed E-state index contributed by atoms with van der Waals surface area (Å²) in [4.78, 5) is 6.26. The first kappa shape index (κ1) is 8.13. The normalized spacial score (nSPS) is 9.82. The first-order valence-electron chi connectivity index (χ1n) is 2.57. The van der Waals surface area contributed by atoms with Crippen molar-refractivity contribution in [2.24, 2.45) is 0 Å². The van der Waals surface area contributed by atoms with Gasteiger partial charge < -0.3 is 4.74 Å². The van der Waals surface area contributed by atoms with Crippen LogP contribution in [0.4, 0.5) is 8.78 Å². The molecule has 0 amide bonds. The topological polar surface area (TPSA) is 35.0 Å². The number of methoxy groups -OCH3 is 1.